The van der Waals surface area contributed by atoms with E-state index in [1.807, 2.05) is 0 Å². The molecule has 0 unspecified atom stereocenters. The number of hydrogen-bond donors (Lipinski definition) is 1. The average Bonchev–Trinajstić information content (AvgIpc) is 3.44. The number of benzene rings is 2. The molecule has 0 atom stereocenters. The predicted molar refractivity (Wildman–Crippen MR) is 120 cm³/mol. The fraction of sp³-hybridized carbons (Fsp3) is 0.273. The normalized spacial score (nSPS) is 15.0. The van der Waals surface area contributed by atoms with Crippen molar-refractivity contribution < 1.29 is 26.4 Å². The summed E-state index contributed by atoms with van der Waals surface area (Å²) >= 11 is 1.07. The van der Waals surface area contributed by atoms with Crippen LogP contribution in [0.4, 0.5) is 18.9 Å². The van der Waals surface area contributed by atoms with Gasteiger partial charge in [0.2, 0.25) is 10.0 Å². The molecule has 1 saturated heterocycles. The molecule has 4 rings (SSSR count). The van der Waals surface area contributed by atoms with Gasteiger partial charge < -0.3 is 5.32 Å². The van der Waals surface area contributed by atoms with Gasteiger partial charge in [-0.1, -0.05) is 12.1 Å². The van der Waals surface area contributed by atoms with Gasteiger partial charge in [-0.15, -0.1) is 11.3 Å². The molecule has 11 heteroatoms. The largest absolute Gasteiger partial charge is 0.416 e. The standard InChI is InChI=1S/C22H20F3N3O3S2/c1-14-19(32-21(26-14)15-4-6-16(7-5-15)22(23,24)25)20(29)27-17-8-10-18(11-9-17)33(30,31)28-12-2-3-13-28/h4-11H,2-3,12-13H2,1H3,(H,27,29). The van der Waals surface area contributed by atoms with E-state index >= 15 is 0 Å². The highest BCUT2D eigenvalue weighted by atomic mass is 32.2. The SMILES string of the molecule is Cc1nc(-c2ccc(C(F)(F)F)cc2)sc1C(=O)Nc1ccc(S(=O)(=O)N2CCCC2)cc1. The van der Waals surface area contributed by atoms with Crippen molar-refractivity contribution in [3.05, 3.63) is 64.7 Å². The van der Waals surface area contributed by atoms with Crippen LogP contribution in [-0.2, 0) is 16.2 Å². The van der Waals surface area contributed by atoms with Crippen LogP contribution in [0.5, 0.6) is 0 Å². The number of nitrogens with one attached hydrogen (secondary N) is 1. The van der Waals surface area contributed by atoms with Crippen LogP contribution in [0.2, 0.25) is 0 Å². The number of amides is 1. The number of nitrogens with zero attached hydrogens (tertiary/aromatic N) is 2. The highest BCUT2D eigenvalue weighted by Crippen LogP contribution is 2.33. The molecular weight excluding hydrogens is 475 g/mol. The zero-order valence-corrected chi connectivity index (χ0v) is 19.1. The first kappa shape index (κ1) is 23.4. The van der Waals surface area contributed by atoms with Crippen molar-refractivity contribution in [3.8, 4) is 10.6 Å². The van der Waals surface area contributed by atoms with Gasteiger partial charge in [-0.25, -0.2) is 13.4 Å². The molecule has 1 fully saturated rings. The maximum absolute atomic E-state index is 12.8. The summed E-state index contributed by atoms with van der Waals surface area (Å²) in [6.45, 7) is 2.66. The number of thiazole rings is 1. The van der Waals surface area contributed by atoms with E-state index in [-0.39, 0.29) is 4.90 Å². The van der Waals surface area contributed by atoms with Crippen LogP contribution in [0.3, 0.4) is 0 Å². The molecule has 174 valence electrons. The van der Waals surface area contributed by atoms with Crippen molar-refractivity contribution >= 4 is 33.0 Å². The van der Waals surface area contributed by atoms with E-state index in [0.717, 1.165) is 36.3 Å². The highest BCUT2D eigenvalue weighted by Gasteiger charge is 2.30. The lowest BCUT2D eigenvalue weighted by molar-refractivity contribution is -0.137. The fourth-order valence-corrected chi connectivity index (χ4v) is 5.99. The first-order valence-corrected chi connectivity index (χ1v) is 12.4. The predicted octanol–water partition coefficient (Wildman–Crippen LogP) is 5.17. The van der Waals surface area contributed by atoms with Crippen LogP contribution < -0.4 is 5.32 Å². The van der Waals surface area contributed by atoms with Gasteiger partial charge in [0, 0.05) is 24.3 Å². The van der Waals surface area contributed by atoms with Crippen LogP contribution in [0.25, 0.3) is 10.6 Å². The van der Waals surface area contributed by atoms with Gasteiger partial charge in [-0.2, -0.15) is 17.5 Å². The molecule has 33 heavy (non-hydrogen) atoms. The summed E-state index contributed by atoms with van der Waals surface area (Å²) < 4.78 is 65.0. The first-order valence-electron chi connectivity index (χ1n) is 10.1. The second-order valence-electron chi connectivity index (χ2n) is 7.60. The minimum Gasteiger partial charge on any atom is -0.321 e. The Hall–Kier alpha value is -2.76. The van der Waals surface area contributed by atoms with Gasteiger partial charge in [0.05, 0.1) is 16.2 Å². The Morgan fingerprint density at radius 2 is 1.64 bits per heavy atom. The fourth-order valence-electron chi connectivity index (χ4n) is 3.51. The number of anilines is 1. The molecular formula is C22H20F3N3O3S2. The molecule has 0 saturated carbocycles. The minimum absolute atomic E-state index is 0.168. The summed E-state index contributed by atoms with van der Waals surface area (Å²) in [5.74, 6) is -0.432. The number of hydrogen-bond acceptors (Lipinski definition) is 5. The Morgan fingerprint density at radius 3 is 2.21 bits per heavy atom. The summed E-state index contributed by atoms with van der Waals surface area (Å²) in [6, 6.07) is 10.5. The molecule has 1 aromatic heterocycles. The van der Waals surface area contributed by atoms with Gasteiger partial charge in [0.1, 0.15) is 9.88 Å². The maximum atomic E-state index is 12.8. The van der Waals surface area contributed by atoms with E-state index in [1.165, 1.54) is 40.7 Å². The van der Waals surface area contributed by atoms with Crippen LogP contribution in [0.15, 0.2) is 53.4 Å². The van der Waals surface area contributed by atoms with Crippen LogP contribution in [0, 0.1) is 6.92 Å². The number of halogens is 3. The van der Waals surface area contributed by atoms with Crippen molar-refractivity contribution in [2.24, 2.45) is 0 Å². The lowest BCUT2D eigenvalue weighted by Gasteiger charge is -2.15. The van der Waals surface area contributed by atoms with Crippen molar-refractivity contribution in [2.45, 2.75) is 30.8 Å². The summed E-state index contributed by atoms with van der Waals surface area (Å²) in [7, 11) is -3.54. The molecule has 0 bridgehead atoms. The Morgan fingerprint density at radius 1 is 1.03 bits per heavy atom. The molecule has 0 radical (unpaired) electrons. The van der Waals surface area contributed by atoms with Gasteiger partial charge >= 0.3 is 6.18 Å². The van der Waals surface area contributed by atoms with E-state index in [1.54, 1.807) is 6.92 Å². The second-order valence-corrected chi connectivity index (χ2v) is 10.5. The van der Waals surface area contributed by atoms with Crippen LogP contribution >= 0.6 is 11.3 Å². The number of carbonyl (C=O) groups is 1. The molecule has 2 heterocycles. The van der Waals surface area contributed by atoms with E-state index in [0.29, 0.717) is 39.9 Å². The van der Waals surface area contributed by atoms with E-state index < -0.39 is 27.7 Å². The zero-order valence-electron chi connectivity index (χ0n) is 17.5. The first-order chi connectivity index (χ1) is 15.6. The minimum atomic E-state index is -4.42. The highest BCUT2D eigenvalue weighted by molar-refractivity contribution is 7.89. The van der Waals surface area contributed by atoms with Crippen LogP contribution in [0.1, 0.15) is 33.8 Å². The van der Waals surface area contributed by atoms with Crippen molar-refractivity contribution in [1.29, 1.82) is 0 Å². The molecule has 1 amide bonds. The van der Waals surface area contributed by atoms with Gasteiger partial charge in [0.15, 0.2) is 0 Å². The topological polar surface area (TPSA) is 79.4 Å². The second kappa shape index (κ2) is 8.88. The number of carbonyl (C=O) groups excluding carboxylic acids is 1. The van der Waals surface area contributed by atoms with E-state index in [9.17, 15) is 26.4 Å². The Balaban J connectivity index is 1.48. The summed E-state index contributed by atoms with van der Waals surface area (Å²) in [4.78, 5) is 17.5. The zero-order chi connectivity index (χ0) is 23.8. The van der Waals surface area contributed by atoms with Crippen molar-refractivity contribution in [1.82, 2.24) is 9.29 Å². The third-order valence-corrected chi connectivity index (χ3v) is 8.40. The van der Waals surface area contributed by atoms with E-state index in [4.69, 9.17) is 0 Å². The van der Waals surface area contributed by atoms with E-state index in [2.05, 4.69) is 10.3 Å². The quantitative estimate of drug-likeness (QED) is 0.529. The average molecular weight is 496 g/mol. The number of sulfonamides is 1. The third-order valence-electron chi connectivity index (χ3n) is 5.28. The molecule has 1 N–H and O–H groups in total. The smallest absolute Gasteiger partial charge is 0.321 e. The molecule has 0 aliphatic carbocycles. The molecule has 0 spiro atoms. The number of aryl methyl sites for hydroxylation is 1. The molecule has 1 aliphatic rings. The van der Waals surface area contributed by atoms with Crippen LogP contribution in [-0.4, -0.2) is 36.7 Å². The maximum Gasteiger partial charge on any atom is 0.416 e. The number of alkyl halides is 3. The molecule has 2 aromatic carbocycles. The van der Waals surface area contributed by atoms with Gasteiger partial charge in [-0.05, 0) is 56.2 Å². The summed E-state index contributed by atoms with van der Waals surface area (Å²) in [5, 5.41) is 3.14. The molecule has 1 aliphatic heterocycles. The number of rotatable bonds is 5. The van der Waals surface area contributed by atoms with Crippen molar-refractivity contribution in [2.75, 3.05) is 18.4 Å². The Kier molecular flexibility index (Phi) is 6.30. The lowest BCUT2D eigenvalue weighted by Crippen LogP contribution is -2.27. The molecule has 3 aromatic rings. The lowest BCUT2D eigenvalue weighted by atomic mass is 10.1. The van der Waals surface area contributed by atoms with Crippen molar-refractivity contribution in [3.63, 3.8) is 0 Å². The number of aromatic nitrogens is 1. The monoisotopic (exact) mass is 495 g/mol. The Labute approximate surface area is 193 Å². The third kappa shape index (κ3) is 4.94. The summed E-state index contributed by atoms with van der Waals surface area (Å²) in [6.07, 6.45) is -2.74. The molecule has 6 nitrogen and oxygen atoms in total. The Bertz CT molecular complexity index is 1260. The summed E-state index contributed by atoms with van der Waals surface area (Å²) in [5.41, 5.74) is 0.587. The van der Waals surface area contributed by atoms with Gasteiger partial charge in [0.25, 0.3) is 5.91 Å². The van der Waals surface area contributed by atoms with Gasteiger partial charge in [-0.3, -0.25) is 4.79 Å².